The molecule has 1 N–H and O–H groups in total. The van der Waals surface area contributed by atoms with Crippen LogP contribution in [0.3, 0.4) is 0 Å². The van der Waals surface area contributed by atoms with Gasteiger partial charge in [-0.15, -0.1) is 11.8 Å². The molecule has 0 aliphatic rings. The highest BCUT2D eigenvalue weighted by Gasteiger charge is 2.03. The molecule has 2 rings (SSSR count). The fourth-order valence-electron chi connectivity index (χ4n) is 1.85. The van der Waals surface area contributed by atoms with Crippen LogP contribution in [0.1, 0.15) is 11.1 Å². The lowest BCUT2D eigenvalue weighted by Gasteiger charge is -2.08. The van der Waals surface area contributed by atoms with Crippen LogP contribution >= 0.6 is 11.8 Å². The van der Waals surface area contributed by atoms with E-state index in [2.05, 4.69) is 12.1 Å². The maximum atomic E-state index is 10.6. The van der Waals surface area contributed by atoms with Crippen LogP contribution in [0, 0.1) is 0 Å². The summed E-state index contributed by atoms with van der Waals surface area (Å²) >= 11 is 1.74. The van der Waals surface area contributed by atoms with E-state index in [1.807, 2.05) is 36.4 Å². The minimum Gasteiger partial charge on any atom is -0.496 e. The van der Waals surface area contributed by atoms with E-state index in [0.29, 0.717) is 5.75 Å². The standard InChI is InChI=1S/C17H16O3S/c1-20-16-9-7-13(11-14(16)8-10-17(18)19)12-21-15-5-3-2-4-6-15/h2-11H,12H2,1H3,(H,18,19). The minimum absolute atomic E-state index is 0.668. The number of hydrogen-bond donors (Lipinski definition) is 1. The van der Waals surface area contributed by atoms with E-state index in [9.17, 15) is 4.79 Å². The summed E-state index contributed by atoms with van der Waals surface area (Å²) in [5, 5.41) is 8.73. The molecule has 0 heterocycles. The SMILES string of the molecule is COc1ccc(CSc2ccccc2)cc1C=CC(=O)O. The van der Waals surface area contributed by atoms with Crippen LogP contribution in [0.5, 0.6) is 5.75 Å². The number of benzene rings is 2. The molecule has 4 heteroatoms. The van der Waals surface area contributed by atoms with Crippen molar-refractivity contribution in [3.63, 3.8) is 0 Å². The van der Waals surface area contributed by atoms with E-state index in [4.69, 9.17) is 9.84 Å². The van der Waals surface area contributed by atoms with Crippen LogP contribution in [0.15, 0.2) is 59.5 Å². The van der Waals surface area contributed by atoms with Gasteiger partial charge in [-0.2, -0.15) is 0 Å². The molecule has 0 spiro atoms. The molecule has 0 unspecified atom stereocenters. The van der Waals surface area contributed by atoms with E-state index in [1.165, 1.54) is 4.90 Å². The molecule has 0 saturated carbocycles. The summed E-state index contributed by atoms with van der Waals surface area (Å²) in [6.45, 7) is 0. The van der Waals surface area contributed by atoms with Crippen LogP contribution in [-0.2, 0) is 10.5 Å². The molecule has 108 valence electrons. The molecule has 2 aromatic rings. The highest BCUT2D eigenvalue weighted by molar-refractivity contribution is 7.98. The molecule has 0 bridgehead atoms. The summed E-state index contributed by atoms with van der Waals surface area (Å²) in [5.74, 6) is 0.518. The lowest BCUT2D eigenvalue weighted by atomic mass is 10.1. The predicted octanol–water partition coefficient (Wildman–Crippen LogP) is 4.09. The van der Waals surface area contributed by atoms with Gasteiger partial charge in [-0.3, -0.25) is 0 Å². The van der Waals surface area contributed by atoms with Gasteiger partial charge in [0.1, 0.15) is 5.75 Å². The zero-order valence-corrected chi connectivity index (χ0v) is 12.5. The first-order valence-electron chi connectivity index (χ1n) is 6.45. The Balaban J connectivity index is 2.13. The normalized spacial score (nSPS) is 10.7. The second-order valence-corrected chi connectivity index (χ2v) is 5.40. The number of carbonyl (C=O) groups is 1. The Morgan fingerprint density at radius 3 is 2.67 bits per heavy atom. The molecule has 0 amide bonds. The summed E-state index contributed by atoms with van der Waals surface area (Å²) in [5.41, 5.74) is 1.89. The first-order valence-corrected chi connectivity index (χ1v) is 7.43. The lowest BCUT2D eigenvalue weighted by molar-refractivity contribution is -0.131. The third-order valence-electron chi connectivity index (χ3n) is 2.85. The average molecular weight is 300 g/mol. The minimum atomic E-state index is -0.971. The van der Waals surface area contributed by atoms with E-state index in [0.717, 1.165) is 23.0 Å². The number of methoxy groups -OCH3 is 1. The third-order valence-corrected chi connectivity index (χ3v) is 3.93. The molecule has 21 heavy (non-hydrogen) atoms. The third kappa shape index (κ3) is 4.68. The Kier molecular flexibility index (Phi) is 5.46. The molecular formula is C17H16O3S. The monoisotopic (exact) mass is 300 g/mol. The smallest absolute Gasteiger partial charge is 0.328 e. The van der Waals surface area contributed by atoms with Gasteiger partial charge >= 0.3 is 5.97 Å². The molecule has 0 radical (unpaired) electrons. The Hall–Kier alpha value is -2.20. The fraction of sp³-hybridized carbons (Fsp3) is 0.118. The second kappa shape index (κ2) is 7.55. The largest absolute Gasteiger partial charge is 0.496 e. The first-order chi connectivity index (χ1) is 10.2. The first kappa shape index (κ1) is 15.2. The summed E-state index contributed by atoms with van der Waals surface area (Å²) in [6.07, 6.45) is 2.67. The quantitative estimate of drug-likeness (QED) is 0.645. The number of rotatable bonds is 6. The van der Waals surface area contributed by atoms with Gasteiger partial charge in [0.2, 0.25) is 0 Å². The zero-order valence-electron chi connectivity index (χ0n) is 11.7. The zero-order chi connectivity index (χ0) is 15.1. The molecule has 0 aliphatic carbocycles. The summed E-state index contributed by atoms with van der Waals surface area (Å²) in [4.78, 5) is 11.8. The van der Waals surface area contributed by atoms with Crippen LogP contribution in [0.25, 0.3) is 6.08 Å². The van der Waals surface area contributed by atoms with E-state index in [-0.39, 0.29) is 0 Å². The number of hydrogen-bond acceptors (Lipinski definition) is 3. The van der Waals surface area contributed by atoms with Crippen molar-refractivity contribution in [2.24, 2.45) is 0 Å². The van der Waals surface area contributed by atoms with Crippen molar-refractivity contribution < 1.29 is 14.6 Å². The predicted molar refractivity (Wildman–Crippen MR) is 85.7 cm³/mol. The van der Waals surface area contributed by atoms with Crippen molar-refractivity contribution in [3.05, 3.63) is 65.7 Å². The van der Waals surface area contributed by atoms with Crippen molar-refractivity contribution in [2.75, 3.05) is 7.11 Å². The Morgan fingerprint density at radius 1 is 1.24 bits per heavy atom. The molecule has 0 fully saturated rings. The number of aliphatic carboxylic acids is 1. The highest BCUT2D eigenvalue weighted by Crippen LogP contribution is 2.26. The van der Waals surface area contributed by atoms with Gasteiger partial charge in [-0.25, -0.2) is 4.79 Å². The molecule has 3 nitrogen and oxygen atoms in total. The van der Waals surface area contributed by atoms with Crippen molar-refractivity contribution in [2.45, 2.75) is 10.6 Å². The lowest BCUT2D eigenvalue weighted by Crippen LogP contribution is -1.91. The summed E-state index contributed by atoms with van der Waals surface area (Å²) in [7, 11) is 1.58. The molecule has 0 aliphatic heterocycles. The molecule has 0 atom stereocenters. The maximum absolute atomic E-state index is 10.6. The van der Waals surface area contributed by atoms with Crippen molar-refractivity contribution in [1.82, 2.24) is 0 Å². The second-order valence-electron chi connectivity index (χ2n) is 4.35. The van der Waals surface area contributed by atoms with E-state index >= 15 is 0 Å². The van der Waals surface area contributed by atoms with Crippen molar-refractivity contribution in [3.8, 4) is 5.75 Å². The van der Waals surface area contributed by atoms with Crippen LogP contribution in [0.2, 0.25) is 0 Å². The fourth-order valence-corrected chi connectivity index (χ4v) is 2.71. The van der Waals surface area contributed by atoms with Crippen LogP contribution < -0.4 is 4.74 Å². The number of ether oxygens (including phenoxy) is 1. The van der Waals surface area contributed by atoms with Crippen molar-refractivity contribution in [1.29, 1.82) is 0 Å². The Labute approximate surface area is 128 Å². The van der Waals surface area contributed by atoms with Gasteiger partial charge in [0, 0.05) is 22.3 Å². The van der Waals surface area contributed by atoms with Gasteiger partial charge < -0.3 is 9.84 Å². The average Bonchev–Trinajstić information content (AvgIpc) is 2.52. The van der Waals surface area contributed by atoms with Crippen molar-refractivity contribution >= 4 is 23.8 Å². The Bertz CT molecular complexity index is 636. The summed E-state index contributed by atoms with van der Waals surface area (Å²) < 4.78 is 5.24. The van der Waals surface area contributed by atoms with Gasteiger partial charge in [0.05, 0.1) is 7.11 Å². The molecule has 2 aromatic carbocycles. The van der Waals surface area contributed by atoms with Crippen LogP contribution in [0.4, 0.5) is 0 Å². The van der Waals surface area contributed by atoms with Gasteiger partial charge in [-0.1, -0.05) is 24.3 Å². The number of carboxylic acids is 1. The Morgan fingerprint density at radius 2 is 2.00 bits per heavy atom. The van der Waals surface area contributed by atoms with Gasteiger partial charge in [0.25, 0.3) is 0 Å². The number of carboxylic acid groups (broad SMARTS) is 1. The molecular weight excluding hydrogens is 284 g/mol. The van der Waals surface area contributed by atoms with Crippen LogP contribution in [-0.4, -0.2) is 18.2 Å². The maximum Gasteiger partial charge on any atom is 0.328 e. The van der Waals surface area contributed by atoms with E-state index in [1.54, 1.807) is 24.9 Å². The molecule has 0 aromatic heterocycles. The summed E-state index contributed by atoms with van der Waals surface area (Å²) in [6, 6.07) is 16.0. The van der Waals surface area contributed by atoms with Gasteiger partial charge in [-0.05, 0) is 35.9 Å². The van der Waals surface area contributed by atoms with Gasteiger partial charge in [0.15, 0.2) is 0 Å². The number of thioether (sulfide) groups is 1. The topological polar surface area (TPSA) is 46.5 Å². The van der Waals surface area contributed by atoms with E-state index < -0.39 is 5.97 Å². The highest BCUT2D eigenvalue weighted by atomic mass is 32.2. The molecule has 0 saturated heterocycles.